The highest BCUT2D eigenvalue weighted by Crippen LogP contribution is 2.21. The number of hydrogen-bond acceptors (Lipinski definition) is 2. The number of nitrogens with zero attached hydrogens (tertiary/aromatic N) is 2. The first-order valence-electron chi connectivity index (χ1n) is 5.82. The minimum atomic E-state index is 0.149. The molecule has 0 aliphatic rings. The summed E-state index contributed by atoms with van der Waals surface area (Å²) in [6, 6.07) is 0.149. The van der Waals surface area contributed by atoms with E-state index in [1.165, 1.54) is 12.0 Å². The van der Waals surface area contributed by atoms with Crippen molar-refractivity contribution in [3.63, 3.8) is 0 Å². The Bertz CT molecular complexity index is 302. The zero-order valence-corrected chi connectivity index (χ0v) is 10.3. The fourth-order valence-electron chi connectivity index (χ4n) is 1.81. The fraction of sp³-hybridized carbons (Fsp3) is 0.750. The third kappa shape index (κ3) is 3.34. The van der Waals surface area contributed by atoms with Gasteiger partial charge in [0, 0.05) is 24.8 Å². The minimum absolute atomic E-state index is 0.149. The van der Waals surface area contributed by atoms with E-state index in [0.29, 0.717) is 0 Å². The molecule has 1 aromatic heterocycles. The Balaban J connectivity index is 2.67. The van der Waals surface area contributed by atoms with Crippen LogP contribution in [0.1, 0.15) is 50.9 Å². The predicted octanol–water partition coefficient (Wildman–Crippen LogP) is 2.42. The van der Waals surface area contributed by atoms with Crippen molar-refractivity contribution in [1.82, 2.24) is 9.78 Å². The number of hydrogen-bond donors (Lipinski definition) is 1. The van der Waals surface area contributed by atoms with Gasteiger partial charge in [-0.05, 0) is 25.2 Å². The Morgan fingerprint density at radius 2 is 2.07 bits per heavy atom. The summed E-state index contributed by atoms with van der Waals surface area (Å²) in [7, 11) is 1.96. The molecule has 1 aromatic rings. The van der Waals surface area contributed by atoms with Crippen molar-refractivity contribution in [2.45, 2.75) is 46.1 Å². The third-order valence-electron chi connectivity index (χ3n) is 2.73. The van der Waals surface area contributed by atoms with Gasteiger partial charge < -0.3 is 5.73 Å². The standard InChI is InChI=1S/C12H23N3/c1-5-12-10(8-15(4)14-12)11(13)7-6-9(2)3/h8-9,11H,5-7,13H2,1-4H3. The molecule has 0 fully saturated rings. The molecule has 0 aliphatic heterocycles. The maximum absolute atomic E-state index is 6.18. The highest BCUT2D eigenvalue weighted by molar-refractivity contribution is 5.20. The predicted molar refractivity (Wildman–Crippen MR) is 63.6 cm³/mol. The van der Waals surface area contributed by atoms with Crippen molar-refractivity contribution in [2.24, 2.45) is 18.7 Å². The Labute approximate surface area is 92.7 Å². The molecule has 1 unspecified atom stereocenters. The molecule has 0 saturated heterocycles. The molecule has 1 rings (SSSR count). The lowest BCUT2D eigenvalue weighted by molar-refractivity contribution is 0.505. The quantitative estimate of drug-likeness (QED) is 0.809. The lowest BCUT2D eigenvalue weighted by Gasteiger charge is -2.12. The summed E-state index contributed by atoms with van der Waals surface area (Å²) >= 11 is 0. The van der Waals surface area contributed by atoms with Crippen molar-refractivity contribution >= 4 is 0 Å². The summed E-state index contributed by atoms with van der Waals surface area (Å²) in [5, 5.41) is 4.41. The molecule has 0 bridgehead atoms. The number of rotatable bonds is 5. The molecule has 0 saturated carbocycles. The topological polar surface area (TPSA) is 43.8 Å². The van der Waals surface area contributed by atoms with E-state index in [4.69, 9.17) is 5.73 Å². The van der Waals surface area contributed by atoms with Gasteiger partial charge in [-0.25, -0.2) is 0 Å². The lowest BCUT2D eigenvalue weighted by atomic mass is 9.98. The van der Waals surface area contributed by atoms with Crippen molar-refractivity contribution < 1.29 is 0 Å². The second-order valence-corrected chi connectivity index (χ2v) is 4.64. The van der Waals surface area contributed by atoms with Crippen molar-refractivity contribution in [2.75, 3.05) is 0 Å². The molecule has 1 atom stereocenters. The normalized spacial score (nSPS) is 13.5. The summed E-state index contributed by atoms with van der Waals surface area (Å²) in [6.07, 6.45) is 5.25. The first-order valence-corrected chi connectivity index (χ1v) is 5.82. The Kier molecular flexibility index (Phi) is 4.33. The molecule has 0 spiro atoms. The zero-order valence-electron chi connectivity index (χ0n) is 10.3. The van der Waals surface area contributed by atoms with Crippen LogP contribution >= 0.6 is 0 Å². The van der Waals surface area contributed by atoms with Crippen LogP contribution in [0.25, 0.3) is 0 Å². The highest BCUT2D eigenvalue weighted by Gasteiger charge is 2.13. The SMILES string of the molecule is CCc1nn(C)cc1C(N)CCC(C)C. The summed E-state index contributed by atoms with van der Waals surface area (Å²) in [5.74, 6) is 0.720. The van der Waals surface area contributed by atoms with Gasteiger partial charge >= 0.3 is 0 Å². The van der Waals surface area contributed by atoms with Crippen LogP contribution in [-0.2, 0) is 13.5 Å². The van der Waals surface area contributed by atoms with Crippen LogP contribution in [0.5, 0.6) is 0 Å². The van der Waals surface area contributed by atoms with Gasteiger partial charge in [0.2, 0.25) is 0 Å². The molecular weight excluding hydrogens is 186 g/mol. The molecule has 2 N–H and O–H groups in total. The number of aryl methyl sites for hydroxylation is 2. The molecule has 0 radical (unpaired) electrons. The first-order chi connectivity index (χ1) is 7.04. The summed E-state index contributed by atoms with van der Waals surface area (Å²) in [6.45, 7) is 6.59. The van der Waals surface area contributed by atoms with Gasteiger partial charge in [-0.15, -0.1) is 0 Å². The monoisotopic (exact) mass is 209 g/mol. The van der Waals surface area contributed by atoms with E-state index in [0.717, 1.165) is 24.5 Å². The van der Waals surface area contributed by atoms with Crippen LogP contribution in [0.3, 0.4) is 0 Å². The van der Waals surface area contributed by atoms with E-state index in [2.05, 4.69) is 32.1 Å². The lowest BCUT2D eigenvalue weighted by Crippen LogP contribution is -2.12. The van der Waals surface area contributed by atoms with Crippen LogP contribution < -0.4 is 5.73 Å². The minimum Gasteiger partial charge on any atom is -0.324 e. The smallest absolute Gasteiger partial charge is 0.0669 e. The van der Waals surface area contributed by atoms with Crippen LogP contribution in [0.15, 0.2) is 6.20 Å². The van der Waals surface area contributed by atoms with Crippen LogP contribution in [0, 0.1) is 5.92 Å². The maximum atomic E-state index is 6.18. The van der Waals surface area contributed by atoms with Gasteiger partial charge in [0.1, 0.15) is 0 Å². The molecule has 0 aromatic carbocycles. The zero-order chi connectivity index (χ0) is 11.4. The molecule has 1 heterocycles. The molecule has 15 heavy (non-hydrogen) atoms. The summed E-state index contributed by atoms with van der Waals surface area (Å²) < 4.78 is 1.86. The van der Waals surface area contributed by atoms with E-state index in [1.54, 1.807) is 0 Å². The van der Waals surface area contributed by atoms with Gasteiger partial charge in [0.15, 0.2) is 0 Å². The van der Waals surface area contributed by atoms with E-state index in [9.17, 15) is 0 Å². The van der Waals surface area contributed by atoms with Gasteiger partial charge in [-0.3, -0.25) is 4.68 Å². The Morgan fingerprint density at radius 1 is 1.40 bits per heavy atom. The van der Waals surface area contributed by atoms with Gasteiger partial charge in [-0.2, -0.15) is 5.10 Å². The summed E-state index contributed by atoms with van der Waals surface area (Å²) in [4.78, 5) is 0. The number of nitrogens with two attached hydrogens (primary N) is 1. The maximum Gasteiger partial charge on any atom is 0.0669 e. The van der Waals surface area contributed by atoms with E-state index in [-0.39, 0.29) is 6.04 Å². The number of aromatic nitrogens is 2. The Hall–Kier alpha value is -0.830. The molecule has 0 aliphatic carbocycles. The first kappa shape index (κ1) is 12.2. The molecular formula is C12H23N3. The molecule has 86 valence electrons. The van der Waals surface area contributed by atoms with Gasteiger partial charge in [0.05, 0.1) is 5.69 Å². The van der Waals surface area contributed by atoms with Crippen molar-refractivity contribution in [3.8, 4) is 0 Å². The van der Waals surface area contributed by atoms with Gasteiger partial charge in [-0.1, -0.05) is 20.8 Å². The average molecular weight is 209 g/mol. The van der Waals surface area contributed by atoms with Crippen molar-refractivity contribution in [1.29, 1.82) is 0 Å². The van der Waals surface area contributed by atoms with Crippen LogP contribution in [0.4, 0.5) is 0 Å². The molecule has 3 nitrogen and oxygen atoms in total. The fourth-order valence-corrected chi connectivity index (χ4v) is 1.81. The second-order valence-electron chi connectivity index (χ2n) is 4.64. The van der Waals surface area contributed by atoms with E-state index < -0.39 is 0 Å². The largest absolute Gasteiger partial charge is 0.324 e. The van der Waals surface area contributed by atoms with E-state index >= 15 is 0 Å². The summed E-state index contributed by atoms with van der Waals surface area (Å²) in [5.41, 5.74) is 8.55. The Morgan fingerprint density at radius 3 is 2.60 bits per heavy atom. The molecule has 0 amide bonds. The van der Waals surface area contributed by atoms with Crippen molar-refractivity contribution in [3.05, 3.63) is 17.5 Å². The van der Waals surface area contributed by atoms with Crippen LogP contribution in [0.2, 0.25) is 0 Å². The second kappa shape index (κ2) is 5.31. The van der Waals surface area contributed by atoms with Crippen LogP contribution in [-0.4, -0.2) is 9.78 Å². The third-order valence-corrected chi connectivity index (χ3v) is 2.73. The molecule has 3 heteroatoms. The van der Waals surface area contributed by atoms with E-state index in [1.807, 2.05) is 11.7 Å². The van der Waals surface area contributed by atoms with Gasteiger partial charge in [0.25, 0.3) is 0 Å². The average Bonchev–Trinajstić information content (AvgIpc) is 2.56. The highest BCUT2D eigenvalue weighted by atomic mass is 15.3.